The Kier molecular flexibility index (Phi) is 7.87. The highest BCUT2D eigenvalue weighted by Gasteiger charge is 2.26. The van der Waals surface area contributed by atoms with Crippen LogP contribution in [0.1, 0.15) is 73.6 Å². The maximum atomic E-state index is 12.3. The predicted octanol–water partition coefficient (Wildman–Crippen LogP) is 5.29. The number of hydrogen-bond acceptors (Lipinski definition) is 1. The van der Waals surface area contributed by atoms with Gasteiger partial charge < -0.3 is 10.2 Å². The molecule has 0 aliphatic heterocycles. The van der Waals surface area contributed by atoms with E-state index in [1.807, 2.05) is 4.90 Å². The summed E-state index contributed by atoms with van der Waals surface area (Å²) in [5, 5.41) is 3.11. The minimum atomic E-state index is 0.0525. The van der Waals surface area contributed by atoms with Gasteiger partial charge in [-0.15, -0.1) is 0 Å². The minimum absolute atomic E-state index is 0.0525. The number of rotatable bonds is 7. The van der Waals surface area contributed by atoms with Crippen LogP contribution in [0.4, 0.5) is 4.79 Å². The van der Waals surface area contributed by atoms with Crippen molar-refractivity contribution in [1.82, 2.24) is 10.2 Å². The van der Waals surface area contributed by atoms with E-state index in [0.717, 1.165) is 25.9 Å². The second-order valence-electron chi connectivity index (χ2n) is 7.52. The zero-order valence-corrected chi connectivity index (χ0v) is 16.0. The van der Waals surface area contributed by atoms with Crippen molar-refractivity contribution in [2.45, 2.75) is 79.7 Å². The first-order valence-corrected chi connectivity index (χ1v) is 9.25. The summed E-state index contributed by atoms with van der Waals surface area (Å²) in [6.45, 7) is 14.8. The molecule has 1 unspecified atom stereocenters. The summed E-state index contributed by atoms with van der Waals surface area (Å²) < 4.78 is 0. The van der Waals surface area contributed by atoms with Crippen molar-refractivity contribution >= 4 is 6.03 Å². The van der Waals surface area contributed by atoms with Crippen LogP contribution in [0.3, 0.4) is 0 Å². The summed E-state index contributed by atoms with van der Waals surface area (Å²) in [4.78, 5) is 14.3. The molecule has 0 aromatic heterocycles. The van der Waals surface area contributed by atoms with Gasteiger partial charge in [-0.25, -0.2) is 4.79 Å². The molecule has 1 atom stereocenters. The van der Waals surface area contributed by atoms with Crippen LogP contribution in [-0.4, -0.2) is 30.1 Å². The molecule has 3 heteroatoms. The van der Waals surface area contributed by atoms with Crippen molar-refractivity contribution in [2.24, 2.45) is 5.41 Å². The SMILES string of the molecule is CCCN(CCC)C(=O)NC(C)/C=C/C1=C(C)CCCC1(C)C. The fraction of sp³-hybridized carbons (Fsp3) is 0.750. The molecule has 1 N–H and O–H groups in total. The number of urea groups is 1. The van der Waals surface area contributed by atoms with Crippen molar-refractivity contribution in [2.75, 3.05) is 13.1 Å². The molecular formula is C20H36N2O. The molecule has 2 amide bonds. The molecule has 3 nitrogen and oxygen atoms in total. The van der Waals surface area contributed by atoms with Gasteiger partial charge in [-0.2, -0.15) is 0 Å². The highest BCUT2D eigenvalue weighted by Crippen LogP contribution is 2.40. The second kappa shape index (κ2) is 9.14. The van der Waals surface area contributed by atoms with Crippen molar-refractivity contribution in [3.8, 4) is 0 Å². The molecule has 0 heterocycles. The normalized spacial score (nSPS) is 19.0. The zero-order chi connectivity index (χ0) is 17.5. The summed E-state index contributed by atoms with van der Waals surface area (Å²) in [5.74, 6) is 0. The van der Waals surface area contributed by atoms with Gasteiger partial charge in [0.05, 0.1) is 0 Å². The van der Waals surface area contributed by atoms with Gasteiger partial charge in [-0.3, -0.25) is 0 Å². The highest BCUT2D eigenvalue weighted by molar-refractivity contribution is 5.74. The zero-order valence-electron chi connectivity index (χ0n) is 16.0. The molecule has 23 heavy (non-hydrogen) atoms. The smallest absolute Gasteiger partial charge is 0.317 e. The van der Waals surface area contributed by atoms with E-state index in [9.17, 15) is 4.79 Å². The first-order chi connectivity index (χ1) is 10.8. The monoisotopic (exact) mass is 320 g/mol. The lowest BCUT2D eigenvalue weighted by atomic mass is 9.72. The Morgan fingerprint density at radius 3 is 2.43 bits per heavy atom. The Morgan fingerprint density at radius 2 is 1.91 bits per heavy atom. The fourth-order valence-corrected chi connectivity index (χ4v) is 3.44. The van der Waals surface area contributed by atoms with E-state index in [1.54, 1.807) is 0 Å². The first kappa shape index (κ1) is 19.8. The van der Waals surface area contributed by atoms with E-state index in [1.165, 1.54) is 30.4 Å². The standard InChI is InChI=1S/C20H36N2O/c1-7-14-22(15-8-2)19(23)21-17(4)11-12-18-16(3)10-9-13-20(18,5)6/h11-12,17H,7-10,13-15H2,1-6H3,(H,21,23)/b12-11+. The van der Waals surface area contributed by atoms with E-state index in [4.69, 9.17) is 0 Å². The lowest BCUT2D eigenvalue weighted by Crippen LogP contribution is -2.44. The molecule has 0 fully saturated rings. The van der Waals surface area contributed by atoms with Crippen LogP contribution >= 0.6 is 0 Å². The van der Waals surface area contributed by atoms with Crippen LogP contribution in [0.25, 0.3) is 0 Å². The number of nitrogens with zero attached hydrogens (tertiary/aromatic N) is 1. The van der Waals surface area contributed by atoms with Crippen LogP contribution in [-0.2, 0) is 0 Å². The largest absolute Gasteiger partial charge is 0.332 e. The predicted molar refractivity (Wildman–Crippen MR) is 99.6 cm³/mol. The summed E-state index contributed by atoms with van der Waals surface area (Å²) in [6, 6.07) is 0.108. The summed E-state index contributed by atoms with van der Waals surface area (Å²) in [7, 11) is 0. The van der Waals surface area contributed by atoms with Gasteiger partial charge in [0.25, 0.3) is 0 Å². The molecule has 1 aliphatic rings. The Morgan fingerprint density at radius 1 is 1.30 bits per heavy atom. The summed E-state index contributed by atoms with van der Waals surface area (Å²) >= 11 is 0. The number of carbonyl (C=O) groups excluding carboxylic acids is 1. The highest BCUT2D eigenvalue weighted by atomic mass is 16.2. The second-order valence-corrected chi connectivity index (χ2v) is 7.52. The third kappa shape index (κ3) is 6.04. The Labute approximate surface area is 143 Å². The van der Waals surface area contributed by atoms with Crippen molar-refractivity contribution < 1.29 is 4.79 Å². The summed E-state index contributed by atoms with van der Waals surface area (Å²) in [6.07, 6.45) is 10.1. The lowest BCUT2D eigenvalue weighted by Gasteiger charge is -2.33. The van der Waals surface area contributed by atoms with Gasteiger partial charge in [0, 0.05) is 19.1 Å². The van der Waals surface area contributed by atoms with Crippen LogP contribution in [0, 0.1) is 5.41 Å². The van der Waals surface area contributed by atoms with Crippen LogP contribution in [0.5, 0.6) is 0 Å². The molecule has 132 valence electrons. The number of allylic oxidation sites excluding steroid dienone is 3. The Balaban J connectivity index is 2.68. The Hall–Kier alpha value is -1.25. The van der Waals surface area contributed by atoms with Crippen LogP contribution < -0.4 is 5.32 Å². The molecule has 0 aromatic rings. The third-order valence-electron chi connectivity index (χ3n) is 4.72. The van der Waals surface area contributed by atoms with Gasteiger partial charge in [-0.05, 0) is 56.9 Å². The van der Waals surface area contributed by atoms with E-state index in [0.29, 0.717) is 0 Å². The van der Waals surface area contributed by atoms with Gasteiger partial charge in [0.2, 0.25) is 0 Å². The lowest BCUT2D eigenvalue weighted by molar-refractivity contribution is 0.196. The maximum absolute atomic E-state index is 12.3. The van der Waals surface area contributed by atoms with Crippen LogP contribution in [0.15, 0.2) is 23.3 Å². The molecule has 0 aromatic carbocycles. The Bertz CT molecular complexity index is 443. The van der Waals surface area contributed by atoms with Gasteiger partial charge >= 0.3 is 6.03 Å². The quantitative estimate of drug-likeness (QED) is 0.679. The van der Waals surface area contributed by atoms with Gasteiger partial charge in [0.1, 0.15) is 0 Å². The van der Waals surface area contributed by atoms with Crippen molar-refractivity contribution in [3.05, 3.63) is 23.3 Å². The average Bonchev–Trinajstić information content (AvgIpc) is 2.45. The van der Waals surface area contributed by atoms with E-state index >= 15 is 0 Å². The molecule has 0 saturated carbocycles. The first-order valence-electron chi connectivity index (χ1n) is 9.25. The minimum Gasteiger partial charge on any atom is -0.332 e. The van der Waals surface area contributed by atoms with Crippen molar-refractivity contribution in [3.63, 3.8) is 0 Å². The van der Waals surface area contributed by atoms with E-state index in [2.05, 4.69) is 59.0 Å². The number of hydrogen-bond donors (Lipinski definition) is 1. The van der Waals surface area contributed by atoms with Gasteiger partial charge in [-0.1, -0.05) is 45.4 Å². The van der Waals surface area contributed by atoms with Crippen molar-refractivity contribution in [1.29, 1.82) is 0 Å². The number of carbonyl (C=O) groups is 1. The molecule has 0 spiro atoms. The molecule has 0 bridgehead atoms. The number of amides is 2. The van der Waals surface area contributed by atoms with E-state index in [-0.39, 0.29) is 17.5 Å². The molecular weight excluding hydrogens is 284 g/mol. The number of nitrogens with one attached hydrogen (secondary N) is 1. The van der Waals surface area contributed by atoms with Crippen LogP contribution in [0.2, 0.25) is 0 Å². The topological polar surface area (TPSA) is 32.3 Å². The fourth-order valence-electron chi connectivity index (χ4n) is 3.44. The molecule has 0 radical (unpaired) electrons. The molecule has 1 rings (SSSR count). The average molecular weight is 321 g/mol. The molecule has 1 aliphatic carbocycles. The molecule has 0 saturated heterocycles. The third-order valence-corrected chi connectivity index (χ3v) is 4.72. The van der Waals surface area contributed by atoms with E-state index < -0.39 is 0 Å². The van der Waals surface area contributed by atoms with Gasteiger partial charge in [0.15, 0.2) is 0 Å². The summed E-state index contributed by atoms with van der Waals surface area (Å²) in [5.41, 5.74) is 3.19. The maximum Gasteiger partial charge on any atom is 0.317 e.